The van der Waals surface area contributed by atoms with E-state index in [1.165, 1.54) is 48.5 Å². The van der Waals surface area contributed by atoms with Crippen LogP contribution in [0, 0.1) is 11.7 Å². The summed E-state index contributed by atoms with van der Waals surface area (Å²) in [5.74, 6) is -2.57. The van der Waals surface area contributed by atoms with Crippen molar-refractivity contribution in [1.29, 1.82) is 0 Å². The molecule has 2 unspecified atom stereocenters. The lowest BCUT2D eigenvalue weighted by atomic mass is 10.0. The van der Waals surface area contributed by atoms with Crippen LogP contribution in [0.3, 0.4) is 0 Å². The van der Waals surface area contributed by atoms with E-state index in [4.69, 9.17) is 69.6 Å². The van der Waals surface area contributed by atoms with E-state index in [1.807, 2.05) is 0 Å². The number of ketones is 1. The summed E-state index contributed by atoms with van der Waals surface area (Å²) in [6.45, 7) is 0. The number of benzene rings is 3. The van der Waals surface area contributed by atoms with Crippen LogP contribution in [0.4, 0.5) is 10.1 Å². The van der Waals surface area contributed by atoms with Gasteiger partial charge < -0.3 is 5.32 Å². The van der Waals surface area contributed by atoms with Gasteiger partial charge in [0.2, 0.25) is 5.91 Å². The second-order valence-corrected chi connectivity index (χ2v) is 10.9. The molecule has 1 aliphatic carbocycles. The molecule has 10 heteroatoms. The van der Waals surface area contributed by atoms with Crippen LogP contribution >= 0.6 is 69.6 Å². The number of amides is 1. The Bertz CT molecular complexity index is 1300. The first-order valence-electron chi connectivity index (χ1n) is 9.89. The van der Waals surface area contributed by atoms with Gasteiger partial charge in [0.05, 0.1) is 21.0 Å². The molecule has 3 aromatic rings. The molecule has 0 spiro atoms. The number of hydrogen-bond donors (Lipinski definition) is 1. The van der Waals surface area contributed by atoms with E-state index in [0.717, 1.165) is 0 Å². The number of anilines is 1. The molecule has 1 N–H and O–H groups in total. The third-order valence-electron chi connectivity index (χ3n) is 5.52. The van der Waals surface area contributed by atoms with E-state index in [9.17, 15) is 14.0 Å². The maximum Gasteiger partial charge on any atom is 0.231 e. The quantitative estimate of drug-likeness (QED) is 0.181. The smallest absolute Gasteiger partial charge is 0.231 e. The molecular weight excluding hydrogens is 566 g/mol. The molecule has 0 aromatic heterocycles. The molecule has 1 amide bonds. The molecule has 34 heavy (non-hydrogen) atoms. The predicted molar refractivity (Wildman–Crippen MR) is 137 cm³/mol. The van der Waals surface area contributed by atoms with E-state index < -0.39 is 27.9 Å². The molecule has 1 saturated carbocycles. The second-order valence-electron chi connectivity index (χ2n) is 7.83. The molecular formula is C24H14Cl6FNO2. The Morgan fingerprint density at radius 1 is 0.853 bits per heavy atom. The van der Waals surface area contributed by atoms with Crippen LogP contribution in [0.5, 0.6) is 0 Å². The molecule has 1 fully saturated rings. The largest absolute Gasteiger partial charge is 0.326 e. The summed E-state index contributed by atoms with van der Waals surface area (Å²) in [6, 6.07) is 13.1. The van der Waals surface area contributed by atoms with Crippen LogP contribution < -0.4 is 5.32 Å². The predicted octanol–water partition coefficient (Wildman–Crippen LogP) is 8.39. The Morgan fingerprint density at radius 3 is 2.18 bits per heavy atom. The number of alkyl halides is 2. The number of nitrogens with one attached hydrogen (secondary N) is 1. The van der Waals surface area contributed by atoms with Crippen molar-refractivity contribution in [2.45, 2.75) is 16.7 Å². The van der Waals surface area contributed by atoms with Crippen LogP contribution in [-0.4, -0.2) is 16.0 Å². The van der Waals surface area contributed by atoms with Crippen LogP contribution in [0.15, 0.2) is 54.6 Å². The highest BCUT2D eigenvalue weighted by Crippen LogP contribution is 2.66. The standard InChI is InChI=1S/C24H14Cl6FNO2/c25-16-6-5-13(8-14(16)20(33)7-11-1-3-12(31)4-2-11)32-23(34)22-21(24(22,29)30)15-9-18(27)19(28)10-17(15)26/h1-6,8-10,21-22H,7H2,(H,32,34). The van der Waals surface area contributed by atoms with Crippen molar-refractivity contribution in [3.63, 3.8) is 0 Å². The Morgan fingerprint density at radius 2 is 1.50 bits per heavy atom. The lowest BCUT2D eigenvalue weighted by Gasteiger charge is -2.10. The van der Waals surface area contributed by atoms with E-state index in [-0.39, 0.29) is 32.8 Å². The highest BCUT2D eigenvalue weighted by Gasteiger charge is 2.68. The summed E-state index contributed by atoms with van der Waals surface area (Å²) in [7, 11) is 0. The topological polar surface area (TPSA) is 46.2 Å². The SMILES string of the molecule is O=C(Cc1ccc(F)cc1)c1cc(NC(=O)C2C(c3cc(Cl)c(Cl)cc3Cl)C2(Cl)Cl)ccc1Cl. The van der Waals surface area contributed by atoms with Gasteiger partial charge >= 0.3 is 0 Å². The van der Waals surface area contributed by atoms with Crippen LogP contribution in [0.1, 0.15) is 27.4 Å². The van der Waals surface area contributed by atoms with Gasteiger partial charge in [0, 0.05) is 28.6 Å². The number of Topliss-reactive ketones (excluding diaryl/α,β-unsaturated/α-hetero) is 1. The lowest BCUT2D eigenvalue weighted by Crippen LogP contribution is -2.17. The van der Waals surface area contributed by atoms with Crippen LogP contribution in [-0.2, 0) is 11.2 Å². The number of hydrogen-bond acceptors (Lipinski definition) is 2. The summed E-state index contributed by atoms with van der Waals surface area (Å²) in [4.78, 5) is 25.8. The highest BCUT2D eigenvalue weighted by atomic mass is 35.5. The minimum Gasteiger partial charge on any atom is -0.326 e. The average Bonchev–Trinajstić information content (AvgIpc) is 3.35. The lowest BCUT2D eigenvalue weighted by molar-refractivity contribution is -0.117. The normalized spacial score (nSPS) is 18.4. The van der Waals surface area contributed by atoms with Crippen molar-refractivity contribution in [3.8, 4) is 0 Å². The molecule has 0 radical (unpaired) electrons. The fourth-order valence-electron chi connectivity index (χ4n) is 3.74. The highest BCUT2D eigenvalue weighted by molar-refractivity contribution is 6.54. The summed E-state index contributed by atoms with van der Waals surface area (Å²) in [5.41, 5.74) is 1.69. The van der Waals surface area contributed by atoms with Gasteiger partial charge in [-0.25, -0.2) is 4.39 Å². The van der Waals surface area contributed by atoms with Gasteiger partial charge in [-0.05, 0) is 53.6 Å². The van der Waals surface area contributed by atoms with Gasteiger partial charge in [0.15, 0.2) is 5.78 Å². The minimum atomic E-state index is -1.40. The average molecular weight is 580 g/mol. The molecule has 4 rings (SSSR count). The fraction of sp³-hybridized carbons (Fsp3) is 0.167. The summed E-state index contributed by atoms with van der Waals surface area (Å²) < 4.78 is 11.7. The third kappa shape index (κ3) is 5.18. The van der Waals surface area contributed by atoms with Crippen molar-refractivity contribution in [3.05, 3.63) is 97.2 Å². The molecule has 0 heterocycles. The monoisotopic (exact) mass is 577 g/mol. The second kappa shape index (κ2) is 9.85. The molecule has 176 valence electrons. The Balaban J connectivity index is 1.52. The fourth-order valence-corrected chi connectivity index (χ4v) is 5.44. The Kier molecular flexibility index (Phi) is 7.40. The van der Waals surface area contributed by atoms with Crippen molar-refractivity contribution in [1.82, 2.24) is 0 Å². The van der Waals surface area contributed by atoms with Gasteiger partial charge in [-0.3, -0.25) is 9.59 Å². The minimum absolute atomic E-state index is 0.0182. The number of halogens is 7. The maximum atomic E-state index is 13.1. The summed E-state index contributed by atoms with van der Waals surface area (Å²) >= 11 is 37.4. The number of carbonyl (C=O) groups excluding carboxylic acids is 2. The van der Waals surface area contributed by atoms with E-state index in [2.05, 4.69) is 5.32 Å². The summed E-state index contributed by atoms with van der Waals surface area (Å²) in [5, 5.41) is 3.78. The summed E-state index contributed by atoms with van der Waals surface area (Å²) in [6.07, 6.45) is 0.0182. The molecule has 3 aromatic carbocycles. The molecule has 1 aliphatic rings. The van der Waals surface area contributed by atoms with Gasteiger partial charge in [0.1, 0.15) is 10.2 Å². The molecule has 0 aliphatic heterocycles. The van der Waals surface area contributed by atoms with E-state index in [0.29, 0.717) is 21.8 Å². The van der Waals surface area contributed by atoms with Crippen LogP contribution in [0.25, 0.3) is 0 Å². The van der Waals surface area contributed by atoms with Gasteiger partial charge in [-0.1, -0.05) is 58.5 Å². The number of rotatable bonds is 6. The van der Waals surface area contributed by atoms with E-state index in [1.54, 1.807) is 6.07 Å². The van der Waals surface area contributed by atoms with Crippen molar-refractivity contribution in [2.24, 2.45) is 5.92 Å². The van der Waals surface area contributed by atoms with Crippen molar-refractivity contribution < 1.29 is 14.0 Å². The van der Waals surface area contributed by atoms with E-state index >= 15 is 0 Å². The zero-order valence-corrected chi connectivity index (χ0v) is 21.6. The molecule has 2 atom stereocenters. The van der Waals surface area contributed by atoms with Gasteiger partial charge in [-0.15, -0.1) is 23.2 Å². The molecule has 3 nitrogen and oxygen atoms in total. The zero-order valence-electron chi connectivity index (χ0n) is 17.0. The molecule has 0 bridgehead atoms. The van der Waals surface area contributed by atoms with Crippen molar-refractivity contribution >= 4 is 87.0 Å². The van der Waals surface area contributed by atoms with Crippen molar-refractivity contribution in [2.75, 3.05) is 5.32 Å². The Labute approximate surface area is 225 Å². The first kappa shape index (κ1) is 25.6. The van der Waals surface area contributed by atoms with Gasteiger partial charge in [0.25, 0.3) is 0 Å². The Hall–Kier alpha value is -1.53. The maximum absolute atomic E-state index is 13.1. The number of carbonyl (C=O) groups is 2. The third-order valence-corrected chi connectivity index (χ3v) is 7.84. The zero-order chi connectivity index (χ0) is 24.8. The first-order valence-corrected chi connectivity index (χ1v) is 12.2. The molecule has 0 saturated heterocycles. The van der Waals surface area contributed by atoms with Gasteiger partial charge in [-0.2, -0.15) is 0 Å². The first-order chi connectivity index (χ1) is 16.0. The van der Waals surface area contributed by atoms with Crippen LogP contribution in [0.2, 0.25) is 20.1 Å².